The minimum absolute atomic E-state index is 0.209. The predicted octanol–water partition coefficient (Wildman–Crippen LogP) is 3.96. The molecule has 0 aromatic heterocycles. The Morgan fingerprint density at radius 3 is 2.21 bits per heavy atom. The van der Waals surface area contributed by atoms with Crippen molar-refractivity contribution >= 4 is 12.0 Å². The van der Waals surface area contributed by atoms with Crippen molar-refractivity contribution in [1.82, 2.24) is 10.2 Å². The van der Waals surface area contributed by atoms with E-state index in [1.165, 1.54) is 7.11 Å². The van der Waals surface area contributed by atoms with Crippen LogP contribution in [-0.2, 0) is 16.0 Å². The molecular weight excluding hydrogens is 436 g/mol. The maximum absolute atomic E-state index is 13.5. The summed E-state index contributed by atoms with van der Waals surface area (Å²) in [6.07, 6.45) is 1.13. The zero-order chi connectivity index (χ0) is 24.8. The first-order valence-corrected chi connectivity index (χ1v) is 11.4. The third-order valence-electron chi connectivity index (χ3n) is 6.06. The second-order valence-electron chi connectivity index (χ2n) is 8.68. The molecule has 0 saturated carbocycles. The highest BCUT2D eigenvalue weighted by atomic mass is 16.5. The van der Waals surface area contributed by atoms with Crippen molar-refractivity contribution in [2.75, 3.05) is 35.0 Å². The summed E-state index contributed by atoms with van der Waals surface area (Å²) in [6.45, 7) is 4.47. The molecule has 1 unspecified atom stereocenters. The van der Waals surface area contributed by atoms with Gasteiger partial charge in [0.1, 0.15) is 11.8 Å². The van der Waals surface area contributed by atoms with Crippen LogP contribution in [0.3, 0.4) is 0 Å². The fourth-order valence-corrected chi connectivity index (χ4v) is 4.37. The molecule has 1 aliphatic heterocycles. The molecule has 2 atom stereocenters. The number of esters is 1. The molecule has 0 spiro atoms. The normalized spacial score (nSPS) is 15.9. The van der Waals surface area contributed by atoms with Crippen LogP contribution in [-0.4, -0.2) is 57.9 Å². The van der Waals surface area contributed by atoms with Crippen molar-refractivity contribution in [2.24, 2.45) is 5.92 Å². The Morgan fingerprint density at radius 2 is 1.65 bits per heavy atom. The molecule has 1 heterocycles. The minimum Gasteiger partial charge on any atom is -0.497 e. The summed E-state index contributed by atoms with van der Waals surface area (Å²) in [6, 6.07) is 10.1. The number of ether oxygens (including phenoxy) is 4. The standard InChI is InChI=1S/C26H34N2O6/c1-16(2)13-21(25(29)34-6)27-26(30)28-12-11-18-14-22(32-4)23(33-5)15-20(18)24(28)17-7-9-19(31-3)10-8-17/h7-10,14-16,21,24H,11-13H2,1-6H3,(H,27,30)/t21-,24?/m0/s1. The van der Waals surface area contributed by atoms with Gasteiger partial charge in [0.25, 0.3) is 0 Å². The molecule has 0 saturated heterocycles. The van der Waals surface area contributed by atoms with Crippen LogP contribution in [0.25, 0.3) is 0 Å². The van der Waals surface area contributed by atoms with Crippen LogP contribution in [0.2, 0.25) is 0 Å². The third-order valence-corrected chi connectivity index (χ3v) is 6.06. The number of carbonyl (C=O) groups is 2. The van der Waals surface area contributed by atoms with E-state index in [4.69, 9.17) is 18.9 Å². The largest absolute Gasteiger partial charge is 0.497 e. The molecule has 1 N–H and O–H groups in total. The number of methoxy groups -OCH3 is 4. The molecule has 2 amide bonds. The maximum atomic E-state index is 13.5. The lowest BCUT2D eigenvalue weighted by Crippen LogP contribution is -2.51. The Labute approximate surface area is 201 Å². The Kier molecular flexibility index (Phi) is 8.26. The molecule has 0 bridgehead atoms. The molecule has 34 heavy (non-hydrogen) atoms. The quantitative estimate of drug-likeness (QED) is 0.588. The Hall–Kier alpha value is -3.42. The van der Waals surface area contributed by atoms with E-state index in [0.717, 1.165) is 22.4 Å². The number of nitrogens with zero attached hydrogens (tertiary/aromatic N) is 1. The van der Waals surface area contributed by atoms with E-state index in [1.54, 1.807) is 26.2 Å². The summed E-state index contributed by atoms with van der Waals surface area (Å²) >= 11 is 0. The summed E-state index contributed by atoms with van der Waals surface area (Å²) in [5.41, 5.74) is 2.94. The van der Waals surface area contributed by atoms with E-state index >= 15 is 0 Å². The van der Waals surface area contributed by atoms with Gasteiger partial charge in [0.2, 0.25) is 0 Å². The molecule has 2 aromatic rings. The van der Waals surface area contributed by atoms with Crippen LogP contribution >= 0.6 is 0 Å². The number of rotatable bonds is 8. The molecule has 3 rings (SSSR count). The van der Waals surface area contributed by atoms with Crippen LogP contribution < -0.4 is 19.5 Å². The molecule has 1 aliphatic rings. The highest BCUT2D eigenvalue weighted by Crippen LogP contribution is 2.41. The zero-order valence-electron chi connectivity index (χ0n) is 20.7. The third kappa shape index (κ3) is 5.38. The van der Waals surface area contributed by atoms with E-state index in [-0.39, 0.29) is 18.0 Å². The Bertz CT molecular complexity index is 1010. The molecule has 184 valence electrons. The summed E-state index contributed by atoms with van der Waals surface area (Å²) in [4.78, 5) is 27.6. The zero-order valence-corrected chi connectivity index (χ0v) is 20.7. The number of nitrogens with one attached hydrogen (secondary N) is 1. The summed E-state index contributed by atoms with van der Waals surface area (Å²) in [5, 5.41) is 2.90. The number of carbonyl (C=O) groups excluding carboxylic acids is 2. The van der Waals surface area contributed by atoms with Gasteiger partial charge in [-0.25, -0.2) is 9.59 Å². The van der Waals surface area contributed by atoms with Gasteiger partial charge in [-0.15, -0.1) is 0 Å². The SMILES string of the molecule is COC(=O)[C@H](CC(C)C)NC(=O)N1CCc2cc(OC)c(OC)cc2C1c1ccc(OC)cc1. The molecular formula is C26H34N2O6. The van der Waals surface area contributed by atoms with Gasteiger partial charge in [0.15, 0.2) is 11.5 Å². The number of amides is 2. The van der Waals surface area contributed by atoms with Crippen molar-refractivity contribution in [2.45, 2.75) is 38.8 Å². The van der Waals surface area contributed by atoms with E-state index in [1.807, 2.05) is 50.2 Å². The van der Waals surface area contributed by atoms with Crippen LogP contribution in [0, 0.1) is 5.92 Å². The molecule has 0 fully saturated rings. The fraction of sp³-hybridized carbons (Fsp3) is 0.462. The molecule has 0 aliphatic carbocycles. The number of hydrogen-bond acceptors (Lipinski definition) is 6. The highest BCUT2D eigenvalue weighted by Gasteiger charge is 2.35. The predicted molar refractivity (Wildman–Crippen MR) is 129 cm³/mol. The van der Waals surface area contributed by atoms with Gasteiger partial charge < -0.3 is 29.2 Å². The number of hydrogen-bond donors (Lipinski definition) is 1. The number of benzene rings is 2. The molecule has 8 nitrogen and oxygen atoms in total. The first-order valence-electron chi connectivity index (χ1n) is 11.4. The topological polar surface area (TPSA) is 86.3 Å². The van der Waals surface area contributed by atoms with Gasteiger partial charge in [-0.3, -0.25) is 0 Å². The molecule has 2 aromatic carbocycles. The number of fused-ring (bicyclic) bond motifs is 1. The summed E-state index contributed by atoms with van der Waals surface area (Å²) in [7, 11) is 6.14. The van der Waals surface area contributed by atoms with Crippen LogP contribution in [0.5, 0.6) is 17.2 Å². The van der Waals surface area contributed by atoms with E-state index in [9.17, 15) is 9.59 Å². The monoisotopic (exact) mass is 470 g/mol. The molecule has 8 heteroatoms. The lowest BCUT2D eigenvalue weighted by molar-refractivity contribution is -0.143. The van der Waals surface area contributed by atoms with Gasteiger partial charge in [-0.1, -0.05) is 26.0 Å². The van der Waals surface area contributed by atoms with Gasteiger partial charge in [-0.05, 0) is 59.7 Å². The van der Waals surface area contributed by atoms with Crippen molar-refractivity contribution < 1.29 is 28.5 Å². The van der Waals surface area contributed by atoms with Crippen molar-refractivity contribution in [1.29, 1.82) is 0 Å². The van der Waals surface area contributed by atoms with Crippen molar-refractivity contribution in [3.63, 3.8) is 0 Å². The first kappa shape index (κ1) is 25.2. The van der Waals surface area contributed by atoms with Gasteiger partial charge in [-0.2, -0.15) is 0 Å². The summed E-state index contributed by atoms with van der Waals surface area (Å²) < 4.78 is 21.3. The second-order valence-corrected chi connectivity index (χ2v) is 8.68. The average Bonchev–Trinajstić information content (AvgIpc) is 2.85. The van der Waals surface area contributed by atoms with E-state index in [0.29, 0.717) is 30.9 Å². The Morgan fingerprint density at radius 1 is 1.00 bits per heavy atom. The smallest absolute Gasteiger partial charge is 0.328 e. The van der Waals surface area contributed by atoms with E-state index in [2.05, 4.69) is 5.32 Å². The highest BCUT2D eigenvalue weighted by molar-refractivity contribution is 5.84. The molecule has 0 radical (unpaired) electrons. The first-order chi connectivity index (χ1) is 16.3. The fourth-order valence-electron chi connectivity index (χ4n) is 4.37. The van der Waals surface area contributed by atoms with Gasteiger partial charge >= 0.3 is 12.0 Å². The second kappa shape index (κ2) is 11.1. The lowest BCUT2D eigenvalue weighted by Gasteiger charge is -2.38. The van der Waals surface area contributed by atoms with Crippen LogP contribution in [0.4, 0.5) is 4.79 Å². The van der Waals surface area contributed by atoms with Gasteiger partial charge in [0.05, 0.1) is 34.5 Å². The van der Waals surface area contributed by atoms with E-state index < -0.39 is 12.0 Å². The van der Waals surface area contributed by atoms with Crippen LogP contribution in [0.15, 0.2) is 36.4 Å². The summed E-state index contributed by atoms with van der Waals surface area (Å²) in [5.74, 6) is 1.72. The van der Waals surface area contributed by atoms with Crippen molar-refractivity contribution in [3.05, 3.63) is 53.1 Å². The number of urea groups is 1. The maximum Gasteiger partial charge on any atom is 0.328 e. The van der Waals surface area contributed by atoms with Gasteiger partial charge in [0, 0.05) is 6.54 Å². The van der Waals surface area contributed by atoms with Crippen LogP contribution in [0.1, 0.15) is 43.0 Å². The Balaban J connectivity index is 2.03. The van der Waals surface area contributed by atoms with Crippen molar-refractivity contribution in [3.8, 4) is 17.2 Å². The lowest BCUT2D eigenvalue weighted by atomic mass is 9.87. The minimum atomic E-state index is -0.721. The average molecular weight is 471 g/mol.